The maximum absolute atomic E-state index is 12.2. The highest BCUT2D eigenvalue weighted by molar-refractivity contribution is 6.30. The molecule has 0 aromatic heterocycles. The summed E-state index contributed by atoms with van der Waals surface area (Å²) in [6.07, 6.45) is 0.905. The molecule has 1 heterocycles. The second-order valence-electron chi connectivity index (χ2n) is 5.48. The number of hydrogen-bond acceptors (Lipinski definition) is 2. The summed E-state index contributed by atoms with van der Waals surface area (Å²) < 4.78 is 0. The number of piperidine rings is 1. The Hall–Kier alpha value is -1.06. The summed E-state index contributed by atoms with van der Waals surface area (Å²) in [4.78, 5) is 12.2. The highest BCUT2D eigenvalue weighted by atomic mass is 35.5. The first-order valence-corrected chi connectivity index (χ1v) is 7.19. The average Bonchev–Trinajstić information content (AvgIpc) is 2.39. The summed E-state index contributed by atoms with van der Waals surface area (Å²) in [6, 6.07) is 8.01. The van der Waals surface area contributed by atoms with Gasteiger partial charge in [-0.15, -0.1) is 0 Å². The Morgan fingerprint density at radius 2 is 2.26 bits per heavy atom. The largest absolute Gasteiger partial charge is 0.352 e. The summed E-state index contributed by atoms with van der Waals surface area (Å²) in [5.41, 5.74) is 1.04. The predicted molar refractivity (Wildman–Crippen MR) is 78.0 cm³/mol. The molecule has 1 amide bonds. The van der Waals surface area contributed by atoms with Crippen LogP contribution in [0.3, 0.4) is 0 Å². The van der Waals surface area contributed by atoms with Crippen LogP contribution in [0.1, 0.15) is 25.8 Å². The zero-order chi connectivity index (χ0) is 13.8. The first-order chi connectivity index (χ1) is 9.06. The molecule has 1 aliphatic heterocycles. The zero-order valence-electron chi connectivity index (χ0n) is 11.4. The quantitative estimate of drug-likeness (QED) is 0.894. The summed E-state index contributed by atoms with van der Waals surface area (Å²) in [7, 11) is 0. The van der Waals surface area contributed by atoms with Crippen LogP contribution in [0.5, 0.6) is 0 Å². The van der Waals surface area contributed by atoms with Crippen LogP contribution in [0.2, 0.25) is 5.02 Å². The Kier molecular flexibility index (Phi) is 4.83. The highest BCUT2D eigenvalue weighted by Crippen LogP contribution is 2.22. The van der Waals surface area contributed by atoms with Crippen LogP contribution in [0.4, 0.5) is 0 Å². The molecule has 2 rings (SSSR count). The van der Waals surface area contributed by atoms with E-state index >= 15 is 0 Å². The number of halogens is 1. The minimum Gasteiger partial charge on any atom is -0.352 e. The zero-order valence-corrected chi connectivity index (χ0v) is 12.2. The average molecular weight is 281 g/mol. The van der Waals surface area contributed by atoms with Gasteiger partial charge in [0.15, 0.2) is 0 Å². The van der Waals surface area contributed by atoms with Gasteiger partial charge in [-0.25, -0.2) is 0 Å². The van der Waals surface area contributed by atoms with Gasteiger partial charge in [0, 0.05) is 23.5 Å². The van der Waals surface area contributed by atoms with Gasteiger partial charge >= 0.3 is 0 Å². The van der Waals surface area contributed by atoms with Crippen molar-refractivity contribution in [2.24, 2.45) is 11.8 Å². The number of carbonyl (C=O) groups is 1. The number of carbonyl (C=O) groups excluding carboxylic acids is 1. The molecule has 1 aliphatic rings. The molecule has 0 bridgehead atoms. The maximum Gasteiger partial charge on any atom is 0.223 e. The lowest BCUT2D eigenvalue weighted by Crippen LogP contribution is -2.47. The van der Waals surface area contributed by atoms with Crippen molar-refractivity contribution in [2.75, 3.05) is 6.54 Å². The molecule has 104 valence electrons. The Bertz CT molecular complexity index is 450. The maximum atomic E-state index is 12.2. The van der Waals surface area contributed by atoms with E-state index in [9.17, 15) is 4.79 Å². The third-order valence-corrected chi connectivity index (χ3v) is 4.01. The monoisotopic (exact) mass is 280 g/mol. The van der Waals surface area contributed by atoms with Crippen LogP contribution < -0.4 is 10.6 Å². The van der Waals surface area contributed by atoms with E-state index in [1.807, 2.05) is 24.3 Å². The highest BCUT2D eigenvalue weighted by Gasteiger charge is 2.30. The van der Waals surface area contributed by atoms with Crippen LogP contribution in [-0.4, -0.2) is 18.5 Å². The number of rotatable bonds is 3. The molecular formula is C15H21ClN2O. The van der Waals surface area contributed by atoms with E-state index in [1.54, 1.807) is 0 Å². The fourth-order valence-electron chi connectivity index (χ4n) is 2.56. The molecular weight excluding hydrogens is 260 g/mol. The summed E-state index contributed by atoms with van der Waals surface area (Å²) in [5, 5.41) is 7.13. The number of amides is 1. The Morgan fingerprint density at radius 1 is 1.47 bits per heavy atom. The minimum atomic E-state index is 0.107. The number of nitrogens with one attached hydrogen (secondary N) is 2. The van der Waals surface area contributed by atoms with E-state index in [4.69, 9.17) is 11.6 Å². The van der Waals surface area contributed by atoms with Crippen molar-refractivity contribution >= 4 is 17.5 Å². The van der Waals surface area contributed by atoms with Crippen molar-refractivity contribution in [3.05, 3.63) is 34.9 Å². The van der Waals surface area contributed by atoms with Gasteiger partial charge in [-0.2, -0.15) is 0 Å². The van der Waals surface area contributed by atoms with E-state index in [-0.39, 0.29) is 11.8 Å². The molecule has 2 N–H and O–H groups in total. The molecule has 0 aliphatic carbocycles. The Morgan fingerprint density at radius 3 is 3.00 bits per heavy atom. The summed E-state index contributed by atoms with van der Waals surface area (Å²) >= 11 is 5.93. The van der Waals surface area contributed by atoms with Crippen molar-refractivity contribution in [1.29, 1.82) is 0 Å². The third-order valence-electron chi connectivity index (χ3n) is 3.78. The van der Waals surface area contributed by atoms with Crippen LogP contribution >= 0.6 is 11.6 Å². The Balaban J connectivity index is 1.90. The van der Waals surface area contributed by atoms with Gasteiger partial charge < -0.3 is 10.6 Å². The van der Waals surface area contributed by atoms with Crippen LogP contribution in [0.15, 0.2) is 24.3 Å². The van der Waals surface area contributed by atoms with Crippen molar-refractivity contribution < 1.29 is 4.79 Å². The van der Waals surface area contributed by atoms with E-state index < -0.39 is 0 Å². The standard InChI is InChI=1S/C15H21ClN2O/c1-10-8-17-11(2)6-14(10)15(19)18-9-12-4-3-5-13(16)7-12/h3-5,7,10-11,14,17H,6,8-9H2,1-2H3,(H,18,19). The topological polar surface area (TPSA) is 41.1 Å². The normalized spacial score (nSPS) is 27.0. The van der Waals surface area contributed by atoms with E-state index in [0.717, 1.165) is 18.5 Å². The van der Waals surface area contributed by atoms with Gasteiger partial charge in [0.1, 0.15) is 0 Å². The lowest BCUT2D eigenvalue weighted by atomic mass is 9.84. The fraction of sp³-hybridized carbons (Fsp3) is 0.533. The van der Waals surface area contributed by atoms with E-state index in [2.05, 4.69) is 24.5 Å². The molecule has 0 radical (unpaired) electrons. The molecule has 1 fully saturated rings. The first kappa shape index (κ1) is 14.4. The minimum absolute atomic E-state index is 0.107. The first-order valence-electron chi connectivity index (χ1n) is 6.82. The molecule has 0 saturated carbocycles. The molecule has 3 nitrogen and oxygen atoms in total. The molecule has 1 saturated heterocycles. The molecule has 3 unspecified atom stereocenters. The van der Waals surface area contributed by atoms with Crippen LogP contribution in [0, 0.1) is 11.8 Å². The van der Waals surface area contributed by atoms with E-state index in [1.165, 1.54) is 0 Å². The van der Waals surface area contributed by atoms with E-state index in [0.29, 0.717) is 23.5 Å². The second kappa shape index (κ2) is 6.40. The molecule has 0 spiro atoms. The predicted octanol–water partition coefficient (Wildman–Crippen LogP) is 2.59. The number of benzene rings is 1. The SMILES string of the molecule is CC1CC(C(=O)NCc2cccc(Cl)c2)C(C)CN1. The number of hydrogen-bond donors (Lipinski definition) is 2. The van der Waals surface area contributed by atoms with Crippen LogP contribution in [0.25, 0.3) is 0 Å². The van der Waals surface area contributed by atoms with Gasteiger partial charge in [0.05, 0.1) is 0 Å². The Labute approximate surface area is 119 Å². The summed E-state index contributed by atoms with van der Waals surface area (Å²) in [5.74, 6) is 0.645. The molecule has 3 atom stereocenters. The van der Waals surface area contributed by atoms with Gasteiger partial charge in [0.25, 0.3) is 0 Å². The van der Waals surface area contributed by atoms with Crippen molar-refractivity contribution in [3.63, 3.8) is 0 Å². The molecule has 1 aromatic carbocycles. The van der Waals surface area contributed by atoms with Crippen molar-refractivity contribution in [1.82, 2.24) is 10.6 Å². The molecule has 19 heavy (non-hydrogen) atoms. The van der Waals surface area contributed by atoms with Crippen LogP contribution in [-0.2, 0) is 11.3 Å². The van der Waals surface area contributed by atoms with Crippen molar-refractivity contribution in [3.8, 4) is 0 Å². The third kappa shape index (κ3) is 3.95. The smallest absolute Gasteiger partial charge is 0.223 e. The van der Waals surface area contributed by atoms with Gasteiger partial charge in [0.2, 0.25) is 5.91 Å². The lowest BCUT2D eigenvalue weighted by Gasteiger charge is -2.32. The molecule has 1 aromatic rings. The van der Waals surface area contributed by atoms with Gasteiger partial charge in [-0.05, 0) is 43.5 Å². The second-order valence-corrected chi connectivity index (χ2v) is 5.91. The van der Waals surface area contributed by atoms with Gasteiger partial charge in [-0.3, -0.25) is 4.79 Å². The van der Waals surface area contributed by atoms with Gasteiger partial charge in [-0.1, -0.05) is 30.7 Å². The van der Waals surface area contributed by atoms with Crippen molar-refractivity contribution in [2.45, 2.75) is 32.9 Å². The molecule has 4 heteroatoms. The lowest BCUT2D eigenvalue weighted by molar-refractivity contribution is -0.127. The fourth-order valence-corrected chi connectivity index (χ4v) is 2.77. The summed E-state index contributed by atoms with van der Waals surface area (Å²) in [6.45, 7) is 5.71.